The molecule has 0 aliphatic carbocycles. The van der Waals surface area contributed by atoms with Crippen molar-refractivity contribution in [1.82, 2.24) is 9.62 Å². The van der Waals surface area contributed by atoms with Gasteiger partial charge in [-0.3, -0.25) is 4.79 Å². The second kappa shape index (κ2) is 8.97. The summed E-state index contributed by atoms with van der Waals surface area (Å²) in [5, 5.41) is 2.89. The molecule has 0 bridgehead atoms. The van der Waals surface area contributed by atoms with Crippen molar-refractivity contribution in [3.63, 3.8) is 0 Å². The lowest BCUT2D eigenvalue weighted by Gasteiger charge is -2.24. The Morgan fingerprint density at radius 1 is 1.12 bits per heavy atom. The van der Waals surface area contributed by atoms with Gasteiger partial charge in [0.2, 0.25) is 15.9 Å². The fourth-order valence-corrected chi connectivity index (χ4v) is 4.53. The highest BCUT2D eigenvalue weighted by Gasteiger charge is 2.25. The van der Waals surface area contributed by atoms with Gasteiger partial charge in [-0.05, 0) is 50.8 Å². The first-order valence-corrected chi connectivity index (χ1v) is 10.8. The molecule has 1 aliphatic heterocycles. The second-order valence-corrected chi connectivity index (χ2v) is 9.54. The van der Waals surface area contributed by atoms with Crippen molar-refractivity contribution >= 4 is 15.9 Å². The van der Waals surface area contributed by atoms with Crippen molar-refractivity contribution < 1.29 is 13.2 Å². The summed E-state index contributed by atoms with van der Waals surface area (Å²) >= 11 is 0. The minimum Gasteiger partial charge on any atom is -0.350 e. The maximum Gasteiger partial charge on any atom is 0.243 e. The van der Waals surface area contributed by atoms with Crippen LogP contribution in [0.4, 0.5) is 0 Å². The van der Waals surface area contributed by atoms with Gasteiger partial charge in [-0.15, -0.1) is 0 Å². The number of amides is 1. The molecule has 0 radical (unpaired) electrons. The molecule has 1 heterocycles. The fraction of sp³-hybridized carbons (Fsp3) is 0.632. The predicted octanol–water partition coefficient (Wildman–Crippen LogP) is 2.04. The Balaban J connectivity index is 1.96. The van der Waals surface area contributed by atoms with Gasteiger partial charge in [0, 0.05) is 31.6 Å². The van der Waals surface area contributed by atoms with E-state index in [4.69, 9.17) is 5.73 Å². The van der Waals surface area contributed by atoms with Crippen LogP contribution >= 0.6 is 0 Å². The molecule has 3 N–H and O–H groups in total. The van der Waals surface area contributed by atoms with Gasteiger partial charge in [0.15, 0.2) is 0 Å². The number of rotatable bonds is 7. The summed E-state index contributed by atoms with van der Waals surface area (Å²) in [4.78, 5) is 12.3. The number of nitrogens with one attached hydrogen (secondary N) is 1. The lowest BCUT2D eigenvalue weighted by atomic mass is 10.0. The molecule has 1 aromatic carbocycles. The van der Waals surface area contributed by atoms with E-state index >= 15 is 0 Å². The number of benzene rings is 1. The van der Waals surface area contributed by atoms with Crippen LogP contribution in [0.25, 0.3) is 0 Å². The number of hydrogen-bond acceptors (Lipinski definition) is 4. The topological polar surface area (TPSA) is 92.5 Å². The van der Waals surface area contributed by atoms with Crippen LogP contribution in [0.3, 0.4) is 0 Å². The first-order chi connectivity index (χ1) is 12.2. The van der Waals surface area contributed by atoms with Crippen molar-refractivity contribution in [1.29, 1.82) is 0 Å². The molecule has 0 aromatic heterocycles. The van der Waals surface area contributed by atoms with Crippen LogP contribution in [-0.4, -0.2) is 43.8 Å². The molecule has 6 nitrogen and oxygen atoms in total. The van der Waals surface area contributed by atoms with Crippen LogP contribution in [-0.2, 0) is 21.2 Å². The maximum absolute atomic E-state index is 12.8. The molecule has 2 rings (SSSR count). The van der Waals surface area contributed by atoms with Crippen LogP contribution in [0.1, 0.15) is 51.5 Å². The van der Waals surface area contributed by atoms with Crippen LogP contribution in [0, 0.1) is 0 Å². The van der Waals surface area contributed by atoms with E-state index in [1.54, 1.807) is 28.6 Å². The molecular weight excluding hydrogens is 350 g/mol. The number of carbonyl (C=O) groups is 1. The third-order valence-electron chi connectivity index (χ3n) is 4.76. The van der Waals surface area contributed by atoms with E-state index in [0.29, 0.717) is 37.4 Å². The highest BCUT2D eigenvalue weighted by Crippen LogP contribution is 2.21. The van der Waals surface area contributed by atoms with Crippen molar-refractivity contribution in [2.45, 2.75) is 62.8 Å². The Labute approximate surface area is 157 Å². The Hall–Kier alpha value is -1.44. The summed E-state index contributed by atoms with van der Waals surface area (Å²) in [6, 6.07) is 6.90. The third kappa shape index (κ3) is 5.79. The van der Waals surface area contributed by atoms with Crippen LogP contribution in [0.2, 0.25) is 0 Å². The smallest absolute Gasteiger partial charge is 0.243 e. The Morgan fingerprint density at radius 2 is 1.69 bits per heavy atom. The largest absolute Gasteiger partial charge is 0.350 e. The van der Waals surface area contributed by atoms with Gasteiger partial charge in [-0.2, -0.15) is 4.31 Å². The number of hydrogen-bond donors (Lipinski definition) is 2. The van der Waals surface area contributed by atoms with Crippen LogP contribution < -0.4 is 11.1 Å². The summed E-state index contributed by atoms with van der Waals surface area (Å²) < 4.78 is 27.1. The quantitative estimate of drug-likeness (QED) is 0.756. The Morgan fingerprint density at radius 3 is 2.23 bits per heavy atom. The standard InChI is InChI=1S/C19H31N3O3S/c1-19(2,15-20)21-18(23)12-9-16-7-10-17(11-8-16)26(24,25)22-13-5-3-4-6-14-22/h7-8,10-11H,3-6,9,12-15,20H2,1-2H3,(H,21,23). The molecule has 0 spiro atoms. The second-order valence-electron chi connectivity index (χ2n) is 7.60. The van der Waals surface area contributed by atoms with Gasteiger partial charge < -0.3 is 11.1 Å². The monoisotopic (exact) mass is 381 g/mol. The van der Waals surface area contributed by atoms with Crippen molar-refractivity contribution in [2.75, 3.05) is 19.6 Å². The molecule has 26 heavy (non-hydrogen) atoms. The molecule has 146 valence electrons. The zero-order valence-electron chi connectivity index (χ0n) is 15.8. The normalized spacial score (nSPS) is 16.9. The minimum atomic E-state index is -3.42. The molecule has 0 unspecified atom stereocenters. The van der Waals surface area contributed by atoms with Gasteiger partial charge in [0.1, 0.15) is 0 Å². The van der Waals surface area contributed by atoms with E-state index < -0.39 is 15.6 Å². The highest BCUT2D eigenvalue weighted by molar-refractivity contribution is 7.89. The van der Waals surface area contributed by atoms with E-state index in [0.717, 1.165) is 31.2 Å². The summed E-state index contributed by atoms with van der Waals surface area (Å²) in [5.41, 5.74) is 6.15. The van der Waals surface area contributed by atoms with Crippen LogP contribution in [0.5, 0.6) is 0 Å². The zero-order valence-corrected chi connectivity index (χ0v) is 16.6. The van der Waals surface area contributed by atoms with Crippen molar-refractivity contribution in [3.8, 4) is 0 Å². The molecule has 1 saturated heterocycles. The van der Waals surface area contributed by atoms with E-state index in [2.05, 4.69) is 5.32 Å². The number of aryl methyl sites for hydroxylation is 1. The highest BCUT2D eigenvalue weighted by atomic mass is 32.2. The lowest BCUT2D eigenvalue weighted by molar-refractivity contribution is -0.122. The molecule has 1 fully saturated rings. The third-order valence-corrected chi connectivity index (χ3v) is 6.67. The number of sulfonamides is 1. The molecular formula is C19H31N3O3S. The molecule has 7 heteroatoms. The summed E-state index contributed by atoms with van der Waals surface area (Å²) in [6.45, 7) is 5.34. The van der Waals surface area contributed by atoms with Gasteiger partial charge in [-0.25, -0.2) is 8.42 Å². The van der Waals surface area contributed by atoms with Gasteiger partial charge in [-0.1, -0.05) is 25.0 Å². The molecule has 0 atom stereocenters. The van der Waals surface area contributed by atoms with E-state index in [1.165, 1.54) is 0 Å². The maximum atomic E-state index is 12.8. The Kier molecular flexibility index (Phi) is 7.20. The first kappa shape index (κ1) is 20.9. The SMILES string of the molecule is CC(C)(CN)NC(=O)CCc1ccc(S(=O)(=O)N2CCCCCC2)cc1. The molecule has 1 aliphatic rings. The summed E-state index contributed by atoms with van der Waals surface area (Å²) in [5.74, 6) is -0.0540. The Bertz CT molecular complexity index is 691. The summed E-state index contributed by atoms with van der Waals surface area (Å²) in [7, 11) is -3.42. The fourth-order valence-electron chi connectivity index (χ4n) is 3.01. The van der Waals surface area contributed by atoms with Gasteiger partial charge in [0.25, 0.3) is 0 Å². The van der Waals surface area contributed by atoms with E-state index in [1.807, 2.05) is 13.8 Å². The predicted molar refractivity (Wildman–Crippen MR) is 103 cm³/mol. The lowest BCUT2D eigenvalue weighted by Crippen LogP contribution is -2.48. The average molecular weight is 382 g/mol. The number of carbonyl (C=O) groups excluding carboxylic acids is 1. The molecule has 1 aromatic rings. The first-order valence-electron chi connectivity index (χ1n) is 9.35. The molecule has 0 saturated carbocycles. The number of nitrogens with two attached hydrogens (primary N) is 1. The average Bonchev–Trinajstić information content (AvgIpc) is 2.90. The van der Waals surface area contributed by atoms with E-state index in [9.17, 15) is 13.2 Å². The van der Waals surface area contributed by atoms with Crippen molar-refractivity contribution in [3.05, 3.63) is 29.8 Å². The van der Waals surface area contributed by atoms with Crippen LogP contribution in [0.15, 0.2) is 29.2 Å². The minimum absolute atomic E-state index is 0.0540. The van der Waals surface area contributed by atoms with Crippen molar-refractivity contribution in [2.24, 2.45) is 5.73 Å². The van der Waals surface area contributed by atoms with E-state index in [-0.39, 0.29) is 5.91 Å². The number of nitrogens with zero attached hydrogens (tertiary/aromatic N) is 1. The summed E-state index contributed by atoms with van der Waals surface area (Å²) in [6.07, 6.45) is 4.94. The molecule has 1 amide bonds. The van der Waals surface area contributed by atoms with Gasteiger partial charge >= 0.3 is 0 Å². The zero-order chi connectivity index (χ0) is 19.2. The van der Waals surface area contributed by atoms with Gasteiger partial charge in [0.05, 0.1) is 4.90 Å².